The number of halogens is 1. The standard InChI is InChI=1S/C22H27FN6O2S/c1-3-4-13-32-22-25-18(28-11-9-27(2)10-12-28)17-19(26-22)29(21(31)20(30)24-17)14-15-5-7-16(23)8-6-15/h5-8H,3-4,9-14H2,1-2H3,(H,24,30). The number of hydrogen-bond acceptors (Lipinski definition) is 7. The second-order valence-electron chi connectivity index (χ2n) is 7.99. The maximum Gasteiger partial charge on any atom is 0.318 e. The zero-order valence-electron chi connectivity index (χ0n) is 18.3. The highest BCUT2D eigenvalue weighted by Crippen LogP contribution is 2.26. The number of H-pyrrole nitrogens is 1. The van der Waals surface area contributed by atoms with E-state index in [1.807, 2.05) is 0 Å². The van der Waals surface area contributed by atoms with Gasteiger partial charge in [0.15, 0.2) is 16.6 Å². The van der Waals surface area contributed by atoms with Crippen molar-refractivity contribution in [2.75, 3.05) is 43.9 Å². The van der Waals surface area contributed by atoms with Crippen molar-refractivity contribution < 1.29 is 4.39 Å². The third kappa shape index (κ3) is 4.86. The first-order chi connectivity index (χ1) is 15.5. The molecule has 8 nitrogen and oxygen atoms in total. The Hall–Kier alpha value is -2.72. The van der Waals surface area contributed by atoms with Crippen LogP contribution in [-0.4, -0.2) is 63.4 Å². The third-order valence-corrected chi connectivity index (χ3v) is 6.50. The monoisotopic (exact) mass is 458 g/mol. The Balaban J connectivity index is 1.86. The first-order valence-corrected chi connectivity index (χ1v) is 11.8. The summed E-state index contributed by atoms with van der Waals surface area (Å²) in [4.78, 5) is 41.9. The molecule has 1 aliphatic rings. The van der Waals surface area contributed by atoms with Crippen LogP contribution in [0.3, 0.4) is 0 Å². The normalized spacial score (nSPS) is 14.9. The van der Waals surface area contributed by atoms with Gasteiger partial charge in [-0.1, -0.05) is 37.2 Å². The van der Waals surface area contributed by atoms with Gasteiger partial charge in [0.25, 0.3) is 0 Å². The molecule has 2 aromatic heterocycles. The maximum absolute atomic E-state index is 13.4. The minimum absolute atomic E-state index is 0.123. The van der Waals surface area contributed by atoms with Crippen LogP contribution in [0.2, 0.25) is 0 Å². The van der Waals surface area contributed by atoms with Crippen LogP contribution in [0.5, 0.6) is 0 Å². The molecular formula is C22H27FN6O2S. The number of benzene rings is 1. The van der Waals surface area contributed by atoms with Crippen molar-refractivity contribution in [3.05, 3.63) is 56.4 Å². The molecule has 4 rings (SSSR count). The lowest BCUT2D eigenvalue weighted by Gasteiger charge is -2.33. The largest absolute Gasteiger partial charge is 0.352 e. The summed E-state index contributed by atoms with van der Waals surface area (Å²) in [5.74, 6) is 1.16. The molecule has 3 heterocycles. The van der Waals surface area contributed by atoms with Crippen molar-refractivity contribution in [2.45, 2.75) is 31.5 Å². The molecule has 32 heavy (non-hydrogen) atoms. The van der Waals surface area contributed by atoms with Crippen molar-refractivity contribution in [3.63, 3.8) is 0 Å². The summed E-state index contributed by atoms with van der Waals surface area (Å²) in [6, 6.07) is 5.89. The van der Waals surface area contributed by atoms with E-state index in [2.05, 4.69) is 33.7 Å². The van der Waals surface area contributed by atoms with E-state index >= 15 is 0 Å². The van der Waals surface area contributed by atoms with Crippen molar-refractivity contribution in [2.24, 2.45) is 0 Å². The predicted molar refractivity (Wildman–Crippen MR) is 125 cm³/mol. The fourth-order valence-electron chi connectivity index (χ4n) is 3.65. The van der Waals surface area contributed by atoms with Crippen LogP contribution in [0.25, 0.3) is 11.2 Å². The number of nitrogens with one attached hydrogen (secondary N) is 1. The first kappa shape index (κ1) is 22.5. The number of anilines is 1. The average molecular weight is 459 g/mol. The quantitative estimate of drug-likeness (QED) is 0.252. The van der Waals surface area contributed by atoms with E-state index in [-0.39, 0.29) is 12.4 Å². The van der Waals surface area contributed by atoms with E-state index in [0.29, 0.717) is 27.7 Å². The summed E-state index contributed by atoms with van der Waals surface area (Å²) in [6.45, 7) is 5.54. The summed E-state index contributed by atoms with van der Waals surface area (Å²) in [7, 11) is 2.07. The number of nitrogens with zero attached hydrogens (tertiary/aromatic N) is 5. The summed E-state index contributed by atoms with van der Waals surface area (Å²) >= 11 is 1.55. The van der Waals surface area contributed by atoms with Crippen LogP contribution < -0.4 is 16.0 Å². The molecule has 0 spiro atoms. The van der Waals surface area contributed by atoms with Crippen molar-refractivity contribution in [1.82, 2.24) is 24.4 Å². The van der Waals surface area contributed by atoms with Crippen LogP contribution in [-0.2, 0) is 6.54 Å². The fourth-order valence-corrected chi connectivity index (χ4v) is 4.57. The van der Waals surface area contributed by atoms with Crippen LogP contribution >= 0.6 is 11.8 Å². The molecule has 0 radical (unpaired) electrons. The number of likely N-dealkylation sites (N-methyl/N-ethyl adjacent to an activating group) is 1. The Bertz CT molecular complexity index is 1200. The topological polar surface area (TPSA) is 87.1 Å². The molecule has 0 amide bonds. The lowest BCUT2D eigenvalue weighted by atomic mass is 10.2. The molecule has 10 heteroatoms. The number of aromatic amines is 1. The highest BCUT2D eigenvalue weighted by atomic mass is 32.2. The lowest BCUT2D eigenvalue weighted by molar-refractivity contribution is 0.312. The van der Waals surface area contributed by atoms with E-state index in [0.717, 1.165) is 44.8 Å². The zero-order valence-corrected chi connectivity index (χ0v) is 19.1. The number of fused-ring (bicyclic) bond motifs is 1. The maximum atomic E-state index is 13.4. The van der Waals surface area contributed by atoms with Gasteiger partial charge < -0.3 is 14.8 Å². The number of unbranched alkanes of at least 4 members (excludes halogenated alkanes) is 1. The molecule has 0 unspecified atom stereocenters. The Labute approximate surface area is 189 Å². The smallest absolute Gasteiger partial charge is 0.318 e. The van der Waals surface area contributed by atoms with Gasteiger partial charge in [-0.15, -0.1) is 0 Å². The van der Waals surface area contributed by atoms with Gasteiger partial charge >= 0.3 is 11.1 Å². The Kier molecular flexibility index (Phi) is 6.90. The molecule has 0 atom stereocenters. The van der Waals surface area contributed by atoms with E-state index in [1.165, 1.54) is 16.7 Å². The van der Waals surface area contributed by atoms with Gasteiger partial charge in [-0.05, 0) is 31.2 Å². The van der Waals surface area contributed by atoms with Gasteiger partial charge in [-0.3, -0.25) is 14.2 Å². The molecule has 3 aromatic rings. The highest BCUT2D eigenvalue weighted by molar-refractivity contribution is 7.99. The number of hydrogen-bond donors (Lipinski definition) is 1. The van der Waals surface area contributed by atoms with Gasteiger partial charge in [-0.25, -0.2) is 14.4 Å². The van der Waals surface area contributed by atoms with Gasteiger partial charge in [0, 0.05) is 31.9 Å². The second-order valence-corrected chi connectivity index (χ2v) is 9.05. The van der Waals surface area contributed by atoms with Crippen LogP contribution in [0.4, 0.5) is 10.2 Å². The van der Waals surface area contributed by atoms with Crippen molar-refractivity contribution in [3.8, 4) is 0 Å². The average Bonchev–Trinajstić information content (AvgIpc) is 2.79. The number of rotatable bonds is 7. The van der Waals surface area contributed by atoms with Crippen molar-refractivity contribution >= 4 is 28.7 Å². The molecule has 1 fully saturated rings. The predicted octanol–water partition coefficient (Wildman–Crippen LogP) is 2.31. The Morgan fingerprint density at radius 3 is 2.50 bits per heavy atom. The SMILES string of the molecule is CCCCSc1nc(N2CCN(C)CC2)c2[nH]c(=O)c(=O)n(Cc3ccc(F)cc3)c2n1. The summed E-state index contributed by atoms with van der Waals surface area (Å²) < 4.78 is 14.7. The minimum Gasteiger partial charge on any atom is -0.352 e. The second kappa shape index (κ2) is 9.83. The van der Waals surface area contributed by atoms with Gasteiger partial charge in [0.2, 0.25) is 0 Å². The Morgan fingerprint density at radius 2 is 1.81 bits per heavy atom. The molecule has 1 N–H and O–H groups in total. The molecule has 1 saturated heterocycles. The van der Waals surface area contributed by atoms with Gasteiger partial charge in [-0.2, -0.15) is 0 Å². The van der Waals surface area contributed by atoms with Gasteiger partial charge in [0.1, 0.15) is 11.3 Å². The lowest BCUT2D eigenvalue weighted by Crippen LogP contribution is -2.45. The van der Waals surface area contributed by atoms with E-state index in [1.54, 1.807) is 23.9 Å². The van der Waals surface area contributed by atoms with E-state index < -0.39 is 11.1 Å². The Morgan fingerprint density at radius 1 is 1.09 bits per heavy atom. The molecule has 170 valence electrons. The van der Waals surface area contributed by atoms with Crippen LogP contribution in [0, 0.1) is 5.82 Å². The molecule has 0 aliphatic carbocycles. The van der Waals surface area contributed by atoms with Gasteiger partial charge in [0.05, 0.1) is 6.54 Å². The number of aromatic nitrogens is 4. The number of thioether (sulfide) groups is 1. The molecule has 0 saturated carbocycles. The molecular weight excluding hydrogens is 431 g/mol. The fraction of sp³-hybridized carbons (Fsp3) is 0.455. The zero-order chi connectivity index (χ0) is 22.7. The van der Waals surface area contributed by atoms with Crippen molar-refractivity contribution in [1.29, 1.82) is 0 Å². The van der Waals surface area contributed by atoms with Crippen LogP contribution in [0.1, 0.15) is 25.3 Å². The summed E-state index contributed by atoms with van der Waals surface area (Å²) in [5, 5.41) is 0.583. The molecule has 1 aromatic carbocycles. The molecule has 1 aliphatic heterocycles. The van der Waals surface area contributed by atoms with E-state index in [9.17, 15) is 14.0 Å². The third-order valence-electron chi connectivity index (χ3n) is 5.57. The summed E-state index contributed by atoms with van der Waals surface area (Å²) in [5.41, 5.74) is 0.155. The number of piperazine rings is 1. The van der Waals surface area contributed by atoms with E-state index in [4.69, 9.17) is 4.98 Å². The van der Waals surface area contributed by atoms with Crippen LogP contribution in [0.15, 0.2) is 39.0 Å². The molecule has 0 bridgehead atoms. The summed E-state index contributed by atoms with van der Waals surface area (Å²) in [6.07, 6.45) is 2.10. The first-order valence-electron chi connectivity index (χ1n) is 10.8. The highest BCUT2D eigenvalue weighted by Gasteiger charge is 2.22. The minimum atomic E-state index is -0.718.